The predicted molar refractivity (Wildman–Crippen MR) is 116 cm³/mol. The smallest absolute Gasteiger partial charge is 0.326 e. The van der Waals surface area contributed by atoms with E-state index in [-0.39, 0.29) is 12.3 Å². The van der Waals surface area contributed by atoms with Crippen LogP contribution < -0.4 is 16.1 Å². The van der Waals surface area contributed by atoms with E-state index in [0.29, 0.717) is 32.2 Å². The Morgan fingerprint density at radius 3 is 2.14 bits per heavy atom. The number of amides is 3. The molecule has 0 aliphatic heterocycles. The van der Waals surface area contributed by atoms with Crippen LogP contribution >= 0.6 is 34.8 Å². The zero-order valence-corrected chi connectivity index (χ0v) is 17.7. The Labute approximate surface area is 182 Å². The molecular weight excluding hydrogens is 439 g/mol. The molecule has 0 heterocycles. The minimum absolute atomic E-state index is 0.101. The van der Waals surface area contributed by atoms with Gasteiger partial charge in [0.15, 0.2) is 0 Å². The van der Waals surface area contributed by atoms with Crippen LogP contribution in [0, 0.1) is 6.92 Å². The molecule has 0 aliphatic rings. The lowest BCUT2D eigenvalue weighted by Crippen LogP contribution is -2.33. The van der Waals surface area contributed by atoms with Crippen LogP contribution in [0.2, 0.25) is 15.1 Å². The number of benzene rings is 2. The second-order valence-electron chi connectivity index (χ2n) is 6.06. The molecule has 0 spiro atoms. The molecule has 0 fully saturated rings. The molecule has 7 nitrogen and oxygen atoms in total. The third kappa shape index (κ3) is 7.05. The van der Waals surface area contributed by atoms with Crippen LogP contribution in [0.25, 0.3) is 0 Å². The van der Waals surface area contributed by atoms with Gasteiger partial charge in [-0.05, 0) is 49.7 Å². The fourth-order valence-corrected chi connectivity index (χ4v) is 2.59. The maximum absolute atomic E-state index is 12.0. The molecular formula is C19H17Cl3N4O3. The number of hydrogen-bond acceptors (Lipinski definition) is 4. The molecule has 0 atom stereocenters. The van der Waals surface area contributed by atoms with Gasteiger partial charge >= 0.3 is 11.8 Å². The third-order valence-electron chi connectivity index (χ3n) is 3.60. The molecule has 3 N–H and O–H groups in total. The van der Waals surface area contributed by atoms with Crippen LogP contribution in [0.5, 0.6) is 0 Å². The van der Waals surface area contributed by atoms with Crippen molar-refractivity contribution >= 4 is 69.6 Å². The highest BCUT2D eigenvalue weighted by molar-refractivity contribution is 6.42. The average molecular weight is 456 g/mol. The van der Waals surface area contributed by atoms with E-state index in [0.717, 1.165) is 5.56 Å². The minimum atomic E-state index is -0.981. The van der Waals surface area contributed by atoms with Gasteiger partial charge in [0.2, 0.25) is 5.91 Å². The van der Waals surface area contributed by atoms with E-state index >= 15 is 0 Å². The first-order valence-electron chi connectivity index (χ1n) is 8.31. The standard InChI is InChI=1S/C19H17Cl3N4O3/c1-10-3-4-13(8-15(10)21)24-18(28)19(29)26-25-11(2)7-17(27)23-12-5-6-14(20)16(22)9-12/h3-6,8-9H,7H2,1-2H3,(H,23,27)(H,24,28)(H,26,29). The van der Waals surface area contributed by atoms with E-state index in [1.165, 1.54) is 19.1 Å². The van der Waals surface area contributed by atoms with Crippen LogP contribution in [-0.4, -0.2) is 23.4 Å². The molecule has 0 bridgehead atoms. The number of hydrazone groups is 1. The lowest BCUT2D eigenvalue weighted by molar-refractivity contribution is -0.136. The van der Waals surface area contributed by atoms with Crippen LogP contribution in [0.15, 0.2) is 41.5 Å². The molecule has 152 valence electrons. The third-order valence-corrected chi connectivity index (χ3v) is 4.75. The number of anilines is 2. The topological polar surface area (TPSA) is 99.7 Å². The highest BCUT2D eigenvalue weighted by Crippen LogP contribution is 2.25. The predicted octanol–water partition coefficient (Wildman–Crippen LogP) is 4.41. The summed E-state index contributed by atoms with van der Waals surface area (Å²) >= 11 is 17.7. The number of aryl methyl sites for hydroxylation is 1. The van der Waals surface area contributed by atoms with Gasteiger partial charge in [0.25, 0.3) is 0 Å². The van der Waals surface area contributed by atoms with Crippen LogP contribution in [0.1, 0.15) is 18.9 Å². The second-order valence-corrected chi connectivity index (χ2v) is 7.28. The van der Waals surface area contributed by atoms with Gasteiger partial charge in [-0.1, -0.05) is 40.9 Å². The van der Waals surface area contributed by atoms with Crippen molar-refractivity contribution in [1.29, 1.82) is 0 Å². The van der Waals surface area contributed by atoms with Gasteiger partial charge in [-0.25, -0.2) is 5.43 Å². The summed E-state index contributed by atoms with van der Waals surface area (Å²) in [6, 6.07) is 9.53. The Kier molecular flexibility index (Phi) is 8.01. The highest BCUT2D eigenvalue weighted by atomic mass is 35.5. The van der Waals surface area contributed by atoms with Crippen molar-refractivity contribution in [3.05, 3.63) is 57.0 Å². The number of hydrogen-bond donors (Lipinski definition) is 3. The molecule has 0 radical (unpaired) electrons. The van der Waals surface area contributed by atoms with Crippen molar-refractivity contribution in [1.82, 2.24) is 5.43 Å². The molecule has 10 heteroatoms. The van der Waals surface area contributed by atoms with E-state index in [1.807, 2.05) is 6.92 Å². The maximum Gasteiger partial charge on any atom is 0.329 e. The Hall–Kier alpha value is -2.61. The molecule has 2 aromatic carbocycles. The van der Waals surface area contributed by atoms with Gasteiger partial charge in [0.1, 0.15) is 0 Å². The van der Waals surface area contributed by atoms with Crippen molar-refractivity contribution in [3.8, 4) is 0 Å². The monoisotopic (exact) mass is 454 g/mol. The summed E-state index contributed by atoms with van der Waals surface area (Å²) in [5.41, 5.74) is 4.08. The van der Waals surface area contributed by atoms with Gasteiger partial charge in [0.05, 0.1) is 16.5 Å². The average Bonchev–Trinajstić information content (AvgIpc) is 2.65. The zero-order valence-electron chi connectivity index (χ0n) is 15.5. The SMILES string of the molecule is CC(CC(=O)Nc1ccc(Cl)c(Cl)c1)=NNC(=O)C(=O)Nc1ccc(C)c(Cl)c1. The van der Waals surface area contributed by atoms with E-state index in [2.05, 4.69) is 21.2 Å². The van der Waals surface area contributed by atoms with E-state index < -0.39 is 11.8 Å². The highest BCUT2D eigenvalue weighted by Gasteiger charge is 2.14. The van der Waals surface area contributed by atoms with Gasteiger partial charge in [-0.2, -0.15) is 5.10 Å². The van der Waals surface area contributed by atoms with Crippen molar-refractivity contribution in [2.45, 2.75) is 20.3 Å². The summed E-state index contributed by atoms with van der Waals surface area (Å²) < 4.78 is 0. The first kappa shape index (κ1) is 22.7. The van der Waals surface area contributed by atoms with Gasteiger partial charge in [0, 0.05) is 22.1 Å². The largest absolute Gasteiger partial charge is 0.329 e. The Morgan fingerprint density at radius 1 is 0.862 bits per heavy atom. The second kappa shape index (κ2) is 10.2. The molecule has 0 aliphatic carbocycles. The summed E-state index contributed by atoms with van der Waals surface area (Å²) in [6.45, 7) is 3.35. The van der Waals surface area contributed by atoms with Gasteiger partial charge in [-0.15, -0.1) is 0 Å². The molecule has 3 amide bonds. The van der Waals surface area contributed by atoms with Gasteiger partial charge < -0.3 is 10.6 Å². The molecule has 29 heavy (non-hydrogen) atoms. The van der Waals surface area contributed by atoms with Crippen molar-refractivity contribution in [2.75, 3.05) is 10.6 Å². The first-order valence-corrected chi connectivity index (χ1v) is 9.44. The molecule has 0 saturated heterocycles. The lowest BCUT2D eigenvalue weighted by Gasteiger charge is -2.07. The van der Waals surface area contributed by atoms with E-state index in [9.17, 15) is 14.4 Å². The summed E-state index contributed by atoms with van der Waals surface area (Å²) in [5.74, 6) is -2.27. The Bertz CT molecular complexity index is 993. The minimum Gasteiger partial charge on any atom is -0.326 e. The quantitative estimate of drug-likeness (QED) is 0.353. The normalized spacial score (nSPS) is 11.0. The van der Waals surface area contributed by atoms with E-state index in [1.54, 1.807) is 24.3 Å². The van der Waals surface area contributed by atoms with Crippen LogP contribution in [-0.2, 0) is 14.4 Å². The van der Waals surface area contributed by atoms with Crippen molar-refractivity contribution in [2.24, 2.45) is 5.10 Å². The molecule has 0 unspecified atom stereocenters. The molecule has 0 aromatic heterocycles. The number of rotatable bonds is 5. The summed E-state index contributed by atoms with van der Waals surface area (Å²) in [5, 5.41) is 9.93. The Morgan fingerprint density at radius 2 is 1.48 bits per heavy atom. The van der Waals surface area contributed by atoms with Crippen LogP contribution in [0.3, 0.4) is 0 Å². The van der Waals surface area contributed by atoms with Crippen molar-refractivity contribution < 1.29 is 14.4 Å². The molecule has 2 aromatic rings. The van der Waals surface area contributed by atoms with Gasteiger partial charge in [-0.3, -0.25) is 14.4 Å². The maximum atomic E-state index is 12.0. The fraction of sp³-hybridized carbons (Fsp3) is 0.158. The van der Waals surface area contributed by atoms with Crippen LogP contribution in [0.4, 0.5) is 11.4 Å². The first-order chi connectivity index (χ1) is 13.7. The summed E-state index contributed by atoms with van der Waals surface area (Å²) in [6.07, 6.45) is -0.101. The zero-order chi connectivity index (χ0) is 21.6. The number of nitrogens with zero attached hydrogens (tertiary/aromatic N) is 1. The van der Waals surface area contributed by atoms with E-state index in [4.69, 9.17) is 34.8 Å². The molecule has 2 rings (SSSR count). The lowest BCUT2D eigenvalue weighted by atomic mass is 10.2. The number of carbonyl (C=O) groups excluding carboxylic acids is 3. The fourth-order valence-electron chi connectivity index (χ4n) is 2.11. The number of nitrogens with one attached hydrogen (secondary N) is 3. The molecule has 0 saturated carbocycles. The number of halogens is 3. The summed E-state index contributed by atoms with van der Waals surface area (Å²) in [4.78, 5) is 35.8. The summed E-state index contributed by atoms with van der Waals surface area (Å²) in [7, 11) is 0. The number of carbonyl (C=O) groups is 3. The van der Waals surface area contributed by atoms with Crippen molar-refractivity contribution in [3.63, 3.8) is 0 Å². The Balaban J connectivity index is 1.86.